The van der Waals surface area contributed by atoms with Gasteiger partial charge in [0.2, 0.25) is 5.91 Å². The summed E-state index contributed by atoms with van der Waals surface area (Å²) >= 11 is 0. The van der Waals surface area contributed by atoms with Crippen molar-refractivity contribution in [2.75, 3.05) is 33.9 Å². The Bertz CT molecular complexity index is 149. The van der Waals surface area contributed by atoms with E-state index in [9.17, 15) is 4.79 Å². The molecule has 0 aromatic heterocycles. The number of hydrogen-bond acceptors (Lipinski definition) is 3. The van der Waals surface area contributed by atoms with E-state index >= 15 is 0 Å². The van der Waals surface area contributed by atoms with Crippen LogP contribution in [0, 0.1) is 0 Å². The molecule has 4 nitrogen and oxygen atoms in total. The maximum Gasteiger partial charge on any atom is 0.236 e. The lowest BCUT2D eigenvalue weighted by atomic mass is 10.3. The zero-order valence-electron chi connectivity index (χ0n) is 8.96. The zero-order chi connectivity index (χ0) is 10.3. The zero-order valence-corrected chi connectivity index (χ0v) is 8.96. The lowest BCUT2D eigenvalue weighted by Gasteiger charge is -2.26. The number of ether oxygens (including phenoxy) is 1. The lowest BCUT2D eigenvalue weighted by Crippen LogP contribution is -2.43. The molecule has 0 aliphatic rings. The highest BCUT2D eigenvalue weighted by Crippen LogP contribution is 1.97. The first-order valence-electron chi connectivity index (χ1n) is 4.56. The molecule has 1 N–H and O–H groups in total. The van der Waals surface area contributed by atoms with Crippen molar-refractivity contribution in [3.8, 4) is 0 Å². The molecular formula is C9H20N2O2. The van der Waals surface area contributed by atoms with E-state index in [1.165, 1.54) is 0 Å². The molecule has 1 amide bonds. The van der Waals surface area contributed by atoms with E-state index < -0.39 is 0 Å². The summed E-state index contributed by atoms with van der Waals surface area (Å²) in [6.45, 7) is 5.65. The van der Waals surface area contributed by atoms with E-state index in [0.717, 1.165) is 0 Å². The molecule has 0 radical (unpaired) electrons. The van der Waals surface area contributed by atoms with Gasteiger partial charge >= 0.3 is 0 Å². The highest BCUT2D eigenvalue weighted by Gasteiger charge is 2.14. The Kier molecular flexibility index (Phi) is 6.54. The maximum atomic E-state index is 11.5. The molecule has 4 heteroatoms. The lowest BCUT2D eigenvalue weighted by molar-refractivity contribution is -0.132. The van der Waals surface area contributed by atoms with Crippen LogP contribution < -0.4 is 5.32 Å². The number of hydrogen-bond donors (Lipinski definition) is 1. The molecule has 78 valence electrons. The fourth-order valence-corrected chi connectivity index (χ4v) is 1.11. The minimum Gasteiger partial charge on any atom is -0.383 e. The van der Waals surface area contributed by atoms with Crippen molar-refractivity contribution < 1.29 is 9.53 Å². The number of methoxy groups -OCH3 is 1. The van der Waals surface area contributed by atoms with Gasteiger partial charge in [-0.25, -0.2) is 0 Å². The summed E-state index contributed by atoms with van der Waals surface area (Å²) in [6, 6.07) is 0.232. The Hall–Kier alpha value is -0.610. The highest BCUT2D eigenvalue weighted by atomic mass is 16.5. The topological polar surface area (TPSA) is 41.6 Å². The number of carbonyl (C=O) groups is 1. The predicted octanol–water partition coefficient (Wildman–Crippen LogP) is 0.0892. The van der Waals surface area contributed by atoms with Gasteiger partial charge in [-0.15, -0.1) is 0 Å². The number of nitrogens with one attached hydrogen (secondary N) is 1. The van der Waals surface area contributed by atoms with Gasteiger partial charge in [-0.05, 0) is 20.9 Å². The molecule has 0 aromatic carbocycles. The van der Waals surface area contributed by atoms with Crippen molar-refractivity contribution in [3.63, 3.8) is 0 Å². The Balaban J connectivity index is 3.99. The molecule has 0 spiro atoms. The van der Waals surface area contributed by atoms with Crippen molar-refractivity contribution >= 4 is 5.91 Å². The fraction of sp³-hybridized carbons (Fsp3) is 0.889. The number of amides is 1. The van der Waals surface area contributed by atoms with Crippen LogP contribution in [-0.4, -0.2) is 50.7 Å². The van der Waals surface area contributed by atoms with Crippen molar-refractivity contribution in [1.82, 2.24) is 10.2 Å². The first kappa shape index (κ1) is 12.4. The van der Waals surface area contributed by atoms with E-state index in [2.05, 4.69) is 5.32 Å². The average Bonchev–Trinajstić information content (AvgIpc) is 2.05. The van der Waals surface area contributed by atoms with Crippen LogP contribution in [0.2, 0.25) is 0 Å². The molecule has 0 fully saturated rings. The monoisotopic (exact) mass is 188 g/mol. The third-order valence-corrected chi connectivity index (χ3v) is 1.81. The normalized spacial score (nSPS) is 10.5. The third-order valence-electron chi connectivity index (χ3n) is 1.81. The second kappa shape index (κ2) is 6.86. The highest BCUT2D eigenvalue weighted by molar-refractivity contribution is 5.78. The molecule has 13 heavy (non-hydrogen) atoms. The van der Waals surface area contributed by atoms with Crippen LogP contribution in [0.3, 0.4) is 0 Å². The smallest absolute Gasteiger partial charge is 0.236 e. The summed E-state index contributed by atoms with van der Waals surface area (Å²) in [6.07, 6.45) is 0. The van der Waals surface area contributed by atoms with Crippen LogP contribution in [0.5, 0.6) is 0 Å². The molecule has 0 saturated heterocycles. The van der Waals surface area contributed by atoms with E-state index in [1.54, 1.807) is 19.1 Å². The van der Waals surface area contributed by atoms with Gasteiger partial charge in [-0.1, -0.05) is 0 Å². The van der Waals surface area contributed by atoms with E-state index in [4.69, 9.17) is 4.74 Å². The summed E-state index contributed by atoms with van der Waals surface area (Å²) < 4.78 is 4.94. The van der Waals surface area contributed by atoms with Crippen LogP contribution in [0.25, 0.3) is 0 Å². The fourth-order valence-electron chi connectivity index (χ4n) is 1.11. The SMILES string of the molecule is CNCC(=O)N(CCOC)C(C)C. The molecule has 0 aliphatic heterocycles. The molecular weight excluding hydrogens is 168 g/mol. The van der Waals surface area contributed by atoms with Gasteiger partial charge in [-0.2, -0.15) is 0 Å². The van der Waals surface area contributed by atoms with E-state index in [-0.39, 0.29) is 11.9 Å². The average molecular weight is 188 g/mol. The van der Waals surface area contributed by atoms with Gasteiger partial charge in [0, 0.05) is 19.7 Å². The second-order valence-electron chi connectivity index (χ2n) is 3.20. The largest absolute Gasteiger partial charge is 0.383 e. The molecule has 0 bridgehead atoms. The van der Waals surface area contributed by atoms with E-state index in [1.807, 2.05) is 13.8 Å². The molecule has 0 heterocycles. The van der Waals surface area contributed by atoms with Crippen molar-refractivity contribution in [2.45, 2.75) is 19.9 Å². The van der Waals surface area contributed by atoms with E-state index in [0.29, 0.717) is 19.7 Å². The van der Waals surface area contributed by atoms with Gasteiger partial charge < -0.3 is 15.0 Å². The second-order valence-corrected chi connectivity index (χ2v) is 3.20. The summed E-state index contributed by atoms with van der Waals surface area (Å²) in [5.41, 5.74) is 0. The Morgan fingerprint density at radius 3 is 2.54 bits per heavy atom. The Morgan fingerprint density at radius 2 is 2.15 bits per heavy atom. The first-order valence-corrected chi connectivity index (χ1v) is 4.56. The van der Waals surface area contributed by atoms with Crippen molar-refractivity contribution in [2.24, 2.45) is 0 Å². The molecule has 0 aromatic rings. The van der Waals surface area contributed by atoms with Gasteiger partial charge in [0.15, 0.2) is 0 Å². The summed E-state index contributed by atoms with van der Waals surface area (Å²) in [7, 11) is 3.41. The van der Waals surface area contributed by atoms with Gasteiger partial charge in [-0.3, -0.25) is 4.79 Å². The maximum absolute atomic E-state index is 11.5. The third kappa shape index (κ3) is 4.85. The number of carbonyl (C=O) groups excluding carboxylic acids is 1. The summed E-state index contributed by atoms with van der Waals surface area (Å²) in [4.78, 5) is 13.3. The van der Waals surface area contributed by atoms with Crippen molar-refractivity contribution in [1.29, 1.82) is 0 Å². The summed E-state index contributed by atoms with van der Waals surface area (Å²) in [5.74, 6) is 0.120. The minimum atomic E-state index is 0.120. The Labute approximate surface area is 80.2 Å². The van der Waals surface area contributed by atoms with Crippen LogP contribution in [0.15, 0.2) is 0 Å². The number of rotatable bonds is 6. The molecule has 0 rings (SSSR count). The van der Waals surface area contributed by atoms with Crippen LogP contribution >= 0.6 is 0 Å². The van der Waals surface area contributed by atoms with Crippen LogP contribution in [-0.2, 0) is 9.53 Å². The molecule has 0 atom stereocenters. The quantitative estimate of drug-likeness (QED) is 0.642. The molecule has 0 aliphatic carbocycles. The molecule has 0 saturated carbocycles. The van der Waals surface area contributed by atoms with Crippen molar-refractivity contribution in [3.05, 3.63) is 0 Å². The number of likely N-dealkylation sites (N-methyl/N-ethyl adjacent to an activating group) is 1. The first-order chi connectivity index (χ1) is 6.13. The summed E-state index contributed by atoms with van der Waals surface area (Å²) in [5, 5.41) is 2.85. The standard InChI is InChI=1S/C9H20N2O2/c1-8(2)11(5-6-13-4)9(12)7-10-3/h8,10H,5-7H2,1-4H3. The van der Waals surface area contributed by atoms with Gasteiger partial charge in [0.1, 0.15) is 0 Å². The molecule has 0 unspecified atom stereocenters. The number of nitrogens with zero attached hydrogens (tertiary/aromatic N) is 1. The minimum absolute atomic E-state index is 0.120. The van der Waals surface area contributed by atoms with Gasteiger partial charge in [0.25, 0.3) is 0 Å². The Morgan fingerprint density at radius 1 is 1.54 bits per heavy atom. The van der Waals surface area contributed by atoms with Crippen LogP contribution in [0.4, 0.5) is 0 Å². The van der Waals surface area contributed by atoms with Gasteiger partial charge in [0.05, 0.1) is 13.2 Å². The predicted molar refractivity (Wildman–Crippen MR) is 52.7 cm³/mol. The van der Waals surface area contributed by atoms with Crippen LogP contribution in [0.1, 0.15) is 13.8 Å².